The highest BCUT2D eigenvalue weighted by Gasteiger charge is 2.45. The van der Waals surface area contributed by atoms with Gasteiger partial charge in [-0.15, -0.1) is 0 Å². The molecule has 1 aromatic carbocycles. The molecular formula is C19H27ClN4O2. The number of amides is 2. The predicted octanol–water partition coefficient (Wildman–Crippen LogP) is 1.26. The van der Waals surface area contributed by atoms with Crippen molar-refractivity contribution in [3.63, 3.8) is 0 Å². The lowest BCUT2D eigenvalue weighted by Crippen LogP contribution is -2.44. The Labute approximate surface area is 159 Å². The van der Waals surface area contributed by atoms with E-state index < -0.39 is 0 Å². The standard InChI is InChI=1S/C19H27ClN4O2/c1-24-13-19(6-8-21-9-7-19)12-16(24)18(26)23-11-10-22-17(25)14-4-2-3-5-15(14)20/h2-5,16,21H,6-13H2,1H3,(H,22,25)(H,23,26). The van der Waals surface area contributed by atoms with Crippen LogP contribution >= 0.6 is 11.6 Å². The predicted molar refractivity (Wildman–Crippen MR) is 102 cm³/mol. The summed E-state index contributed by atoms with van der Waals surface area (Å²) in [5.41, 5.74) is 0.726. The summed E-state index contributed by atoms with van der Waals surface area (Å²) in [5.74, 6) is -0.175. The second kappa shape index (κ2) is 8.37. The minimum Gasteiger partial charge on any atom is -0.353 e. The summed E-state index contributed by atoms with van der Waals surface area (Å²) in [5, 5.41) is 9.57. The number of nitrogens with zero attached hydrogens (tertiary/aromatic N) is 1. The van der Waals surface area contributed by atoms with E-state index in [9.17, 15) is 9.59 Å². The van der Waals surface area contributed by atoms with Crippen molar-refractivity contribution in [2.75, 3.05) is 39.8 Å². The molecule has 7 heteroatoms. The fourth-order valence-corrected chi connectivity index (χ4v) is 4.32. The van der Waals surface area contributed by atoms with E-state index in [-0.39, 0.29) is 23.3 Å². The molecular weight excluding hydrogens is 352 g/mol. The molecule has 0 bridgehead atoms. The normalized spacial score (nSPS) is 22.3. The van der Waals surface area contributed by atoms with Crippen LogP contribution in [0.3, 0.4) is 0 Å². The quantitative estimate of drug-likeness (QED) is 0.674. The van der Waals surface area contributed by atoms with Gasteiger partial charge in [0, 0.05) is 19.6 Å². The summed E-state index contributed by atoms with van der Waals surface area (Å²) < 4.78 is 0. The van der Waals surface area contributed by atoms with Crippen molar-refractivity contribution < 1.29 is 9.59 Å². The van der Waals surface area contributed by atoms with Crippen molar-refractivity contribution in [3.05, 3.63) is 34.9 Å². The third kappa shape index (κ3) is 4.37. The van der Waals surface area contributed by atoms with Crippen LogP contribution in [0, 0.1) is 5.41 Å². The lowest BCUT2D eigenvalue weighted by molar-refractivity contribution is -0.125. The highest BCUT2D eigenvalue weighted by Crippen LogP contribution is 2.41. The summed E-state index contributed by atoms with van der Waals surface area (Å²) in [4.78, 5) is 26.8. The monoisotopic (exact) mass is 378 g/mol. The average molecular weight is 379 g/mol. The summed E-state index contributed by atoms with van der Waals surface area (Å²) >= 11 is 6.01. The Bertz CT molecular complexity index is 661. The maximum Gasteiger partial charge on any atom is 0.252 e. The number of halogens is 1. The van der Waals surface area contributed by atoms with Gasteiger partial charge >= 0.3 is 0 Å². The molecule has 2 aliphatic rings. The van der Waals surface area contributed by atoms with Crippen LogP contribution < -0.4 is 16.0 Å². The topological polar surface area (TPSA) is 73.5 Å². The molecule has 142 valence electrons. The van der Waals surface area contributed by atoms with Crippen molar-refractivity contribution >= 4 is 23.4 Å². The van der Waals surface area contributed by atoms with Gasteiger partial charge in [-0.25, -0.2) is 0 Å². The molecule has 6 nitrogen and oxygen atoms in total. The molecule has 0 saturated carbocycles. The van der Waals surface area contributed by atoms with E-state index in [0.29, 0.717) is 23.7 Å². The van der Waals surface area contributed by atoms with Gasteiger partial charge in [-0.1, -0.05) is 23.7 Å². The van der Waals surface area contributed by atoms with Crippen LogP contribution in [0.25, 0.3) is 0 Å². The number of rotatable bonds is 5. The van der Waals surface area contributed by atoms with Crippen molar-refractivity contribution in [1.29, 1.82) is 0 Å². The number of hydrogen-bond acceptors (Lipinski definition) is 4. The third-order valence-electron chi connectivity index (χ3n) is 5.54. The summed E-state index contributed by atoms with van der Waals surface area (Å²) in [7, 11) is 2.03. The molecule has 0 aromatic heterocycles. The third-order valence-corrected chi connectivity index (χ3v) is 5.87. The highest BCUT2D eigenvalue weighted by molar-refractivity contribution is 6.33. The van der Waals surface area contributed by atoms with E-state index in [1.165, 1.54) is 0 Å². The molecule has 2 fully saturated rings. The van der Waals surface area contributed by atoms with E-state index in [2.05, 4.69) is 20.9 Å². The lowest BCUT2D eigenvalue weighted by atomic mass is 9.77. The SMILES string of the molecule is CN1CC2(CCNCC2)CC1C(=O)NCCNC(=O)c1ccccc1Cl. The zero-order chi connectivity index (χ0) is 18.6. The number of piperidine rings is 1. The van der Waals surface area contributed by atoms with Gasteiger partial charge in [0.05, 0.1) is 16.6 Å². The summed E-state index contributed by atoms with van der Waals surface area (Å²) in [6.45, 7) is 3.84. The zero-order valence-electron chi connectivity index (χ0n) is 15.2. The fraction of sp³-hybridized carbons (Fsp3) is 0.579. The van der Waals surface area contributed by atoms with Crippen molar-refractivity contribution in [2.45, 2.75) is 25.3 Å². The molecule has 1 atom stereocenters. The number of carbonyl (C=O) groups excluding carboxylic acids is 2. The number of nitrogens with one attached hydrogen (secondary N) is 3. The molecule has 2 aliphatic heterocycles. The van der Waals surface area contributed by atoms with E-state index >= 15 is 0 Å². The Hall–Kier alpha value is -1.63. The number of benzene rings is 1. The Morgan fingerprint density at radius 1 is 1.23 bits per heavy atom. The summed E-state index contributed by atoms with van der Waals surface area (Å²) in [6.07, 6.45) is 3.19. The Kier molecular flexibility index (Phi) is 6.16. The van der Waals surface area contributed by atoms with Crippen molar-refractivity contribution in [2.24, 2.45) is 5.41 Å². The van der Waals surface area contributed by atoms with Crippen LogP contribution in [0.15, 0.2) is 24.3 Å². The molecule has 26 heavy (non-hydrogen) atoms. The highest BCUT2D eigenvalue weighted by atomic mass is 35.5. The van der Waals surface area contributed by atoms with Crippen LogP contribution in [0.1, 0.15) is 29.6 Å². The van der Waals surface area contributed by atoms with Gasteiger partial charge < -0.3 is 16.0 Å². The molecule has 3 rings (SSSR count). The van der Waals surface area contributed by atoms with Crippen molar-refractivity contribution in [3.8, 4) is 0 Å². The first-order valence-corrected chi connectivity index (χ1v) is 9.60. The number of likely N-dealkylation sites (tertiary alicyclic amines) is 1. The van der Waals surface area contributed by atoms with Gasteiger partial charge in [0.15, 0.2) is 0 Å². The van der Waals surface area contributed by atoms with Gasteiger partial charge in [0.1, 0.15) is 0 Å². The van der Waals surface area contributed by atoms with Crippen molar-refractivity contribution in [1.82, 2.24) is 20.9 Å². The van der Waals surface area contributed by atoms with Crippen LogP contribution in [0.4, 0.5) is 0 Å². The number of hydrogen-bond donors (Lipinski definition) is 3. The van der Waals surface area contributed by atoms with Gasteiger partial charge in [-0.2, -0.15) is 0 Å². The maximum atomic E-state index is 12.5. The molecule has 2 saturated heterocycles. The first kappa shape index (κ1) is 19.1. The van der Waals surface area contributed by atoms with E-state index in [1.807, 2.05) is 7.05 Å². The van der Waals surface area contributed by atoms with Gasteiger partial charge in [0.2, 0.25) is 5.91 Å². The summed E-state index contributed by atoms with van der Waals surface area (Å²) in [6, 6.07) is 6.85. The second-order valence-electron chi connectivity index (χ2n) is 7.41. The minimum atomic E-state index is -0.225. The zero-order valence-corrected chi connectivity index (χ0v) is 15.9. The molecule has 1 unspecified atom stereocenters. The molecule has 2 heterocycles. The van der Waals surface area contributed by atoms with Crippen LogP contribution in [0.2, 0.25) is 5.02 Å². The Morgan fingerprint density at radius 2 is 1.92 bits per heavy atom. The second-order valence-corrected chi connectivity index (χ2v) is 7.82. The first-order chi connectivity index (χ1) is 12.5. The first-order valence-electron chi connectivity index (χ1n) is 9.22. The molecule has 3 N–H and O–H groups in total. The molecule has 2 amide bonds. The lowest BCUT2D eigenvalue weighted by Gasteiger charge is -2.33. The van der Waals surface area contributed by atoms with Gasteiger partial charge in [-0.05, 0) is 56.9 Å². The Morgan fingerprint density at radius 3 is 2.65 bits per heavy atom. The molecule has 0 radical (unpaired) electrons. The van der Waals surface area contributed by atoms with E-state index in [4.69, 9.17) is 11.6 Å². The minimum absolute atomic E-state index is 0.0508. The largest absolute Gasteiger partial charge is 0.353 e. The maximum absolute atomic E-state index is 12.5. The molecule has 1 spiro atoms. The molecule has 0 aliphatic carbocycles. The van der Waals surface area contributed by atoms with Crippen LogP contribution in [-0.4, -0.2) is 62.5 Å². The smallest absolute Gasteiger partial charge is 0.252 e. The molecule has 1 aromatic rings. The Balaban J connectivity index is 1.43. The fourth-order valence-electron chi connectivity index (χ4n) is 4.10. The van der Waals surface area contributed by atoms with Crippen LogP contribution in [-0.2, 0) is 4.79 Å². The number of carbonyl (C=O) groups is 2. The van der Waals surface area contributed by atoms with Gasteiger partial charge in [0.25, 0.3) is 5.91 Å². The van der Waals surface area contributed by atoms with Gasteiger partial charge in [-0.3, -0.25) is 14.5 Å². The van der Waals surface area contributed by atoms with E-state index in [0.717, 1.165) is 38.9 Å². The average Bonchev–Trinajstić information content (AvgIpc) is 2.95. The van der Waals surface area contributed by atoms with E-state index in [1.54, 1.807) is 24.3 Å². The van der Waals surface area contributed by atoms with Crippen LogP contribution in [0.5, 0.6) is 0 Å². The number of likely N-dealkylation sites (N-methyl/N-ethyl adjacent to an activating group) is 1.